The van der Waals surface area contributed by atoms with Crippen molar-refractivity contribution in [1.82, 2.24) is 10.5 Å². The van der Waals surface area contributed by atoms with Gasteiger partial charge < -0.3 is 19.7 Å². The van der Waals surface area contributed by atoms with E-state index >= 15 is 0 Å². The SMILES string of the molecule is CCOC(=O)CNC(=O)Nc1noc(C)c1-c1ccc(C(O)(C(F)(F)F)C(F)(F)F)cc1. The van der Waals surface area contributed by atoms with E-state index in [0.717, 1.165) is 12.1 Å². The van der Waals surface area contributed by atoms with Gasteiger partial charge in [-0.15, -0.1) is 0 Å². The number of ether oxygens (including phenoxy) is 1. The highest BCUT2D eigenvalue weighted by molar-refractivity contribution is 5.94. The number of alkyl halides is 6. The number of hydrogen-bond acceptors (Lipinski definition) is 6. The maximum absolute atomic E-state index is 13.0. The van der Waals surface area contributed by atoms with E-state index < -0.39 is 42.1 Å². The number of aliphatic hydroxyl groups is 1. The summed E-state index contributed by atoms with van der Waals surface area (Å²) in [6.07, 6.45) is -12.0. The summed E-state index contributed by atoms with van der Waals surface area (Å²) >= 11 is 0. The second-order valence-electron chi connectivity index (χ2n) is 6.36. The average Bonchev–Trinajstić information content (AvgIpc) is 3.04. The van der Waals surface area contributed by atoms with Crippen LogP contribution in [-0.2, 0) is 15.1 Å². The molecule has 0 unspecified atom stereocenters. The summed E-state index contributed by atoms with van der Waals surface area (Å²) in [7, 11) is 0. The van der Waals surface area contributed by atoms with Crippen LogP contribution in [0, 0.1) is 6.92 Å². The molecule has 0 aliphatic carbocycles. The molecule has 32 heavy (non-hydrogen) atoms. The first-order valence-corrected chi connectivity index (χ1v) is 8.85. The molecule has 0 atom stereocenters. The first-order valence-electron chi connectivity index (χ1n) is 8.85. The van der Waals surface area contributed by atoms with Crippen LogP contribution >= 0.6 is 0 Å². The number of carbonyl (C=O) groups excluding carboxylic acids is 2. The van der Waals surface area contributed by atoms with Crippen molar-refractivity contribution in [1.29, 1.82) is 0 Å². The maximum atomic E-state index is 13.0. The Labute approximate surface area is 176 Å². The number of nitrogens with one attached hydrogen (secondary N) is 2. The van der Waals surface area contributed by atoms with Crippen molar-refractivity contribution in [2.45, 2.75) is 31.8 Å². The van der Waals surface area contributed by atoms with Crippen molar-refractivity contribution in [3.8, 4) is 11.1 Å². The van der Waals surface area contributed by atoms with Crippen molar-refractivity contribution >= 4 is 17.8 Å². The maximum Gasteiger partial charge on any atom is 0.430 e. The number of amides is 2. The number of urea groups is 1. The smallest absolute Gasteiger partial charge is 0.430 e. The van der Waals surface area contributed by atoms with Gasteiger partial charge in [-0.1, -0.05) is 29.4 Å². The normalized spacial score (nSPS) is 12.4. The number of carbonyl (C=O) groups is 2. The molecule has 14 heteroatoms. The van der Waals surface area contributed by atoms with Crippen LogP contribution in [0.4, 0.5) is 37.0 Å². The van der Waals surface area contributed by atoms with Crippen molar-refractivity contribution in [3.05, 3.63) is 35.6 Å². The number of aryl methyl sites for hydroxylation is 1. The number of aromatic nitrogens is 1. The zero-order chi connectivity index (χ0) is 24.3. The topological polar surface area (TPSA) is 114 Å². The molecule has 0 aliphatic heterocycles. The first kappa shape index (κ1) is 25.0. The van der Waals surface area contributed by atoms with E-state index in [1.54, 1.807) is 6.92 Å². The zero-order valence-corrected chi connectivity index (χ0v) is 16.5. The molecular formula is C18H17F6N3O5. The molecule has 2 amide bonds. The van der Waals surface area contributed by atoms with Gasteiger partial charge in [-0.25, -0.2) is 4.79 Å². The highest BCUT2D eigenvalue weighted by Crippen LogP contribution is 2.50. The molecule has 0 radical (unpaired) electrons. The van der Waals surface area contributed by atoms with Crippen LogP contribution in [0.25, 0.3) is 11.1 Å². The predicted octanol–water partition coefficient (Wildman–Crippen LogP) is 3.65. The monoisotopic (exact) mass is 469 g/mol. The second kappa shape index (κ2) is 9.06. The number of rotatable bonds is 6. The van der Waals surface area contributed by atoms with Gasteiger partial charge in [0.1, 0.15) is 12.3 Å². The van der Waals surface area contributed by atoms with E-state index in [1.807, 2.05) is 0 Å². The molecular weight excluding hydrogens is 452 g/mol. The van der Waals surface area contributed by atoms with Gasteiger partial charge in [0.05, 0.1) is 12.2 Å². The highest BCUT2D eigenvalue weighted by atomic mass is 19.4. The van der Waals surface area contributed by atoms with E-state index in [2.05, 4.69) is 20.5 Å². The van der Waals surface area contributed by atoms with Gasteiger partial charge in [0, 0.05) is 5.56 Å². The van der Waals surface area contributed by atoms with E-state index in [0.29, 0.717) is 12.1 Å². The molecule has 8 nitrogen and oxygen atoms in total. The Morgan fingerprint density at radius 3 is 2.16 bits per heavy atom. The largest absolute Gasteiger partial charge is 0.465 e. The Balaban J connectivity index is 2.30. The van der Waals surface area contributed by atoms with Crippen LogP contribution in [0.1, 0.15) is 18.2 Å². The molecule has 2 aromatic rings. The Bertz CT molecular complexity index is 955. The fourth-order valence-electron chi connectivity index (χ4n) is 2.68. The minimum atomic E-state index is -6.02. The fraction of sp³-hybridized carbons (Fsp3) is 0.389. The van der Waals surface area contributed by atoms with Crippen molar-refractivity contribution in [3.63, 3.8) is 0 Å². The van der Waals surface area contributed by atoms with Crippen molar-refractivity contribution in [2.24, 2.45) is 0 Å². The molecule has 0 bridgehead atoms. The van der Waals surface area contributed by atoms with Crippen LogP contribution < -0.4 is 10.6 Å². The Morgan fingerprint density at radius 2 is 1.66 bits per heavy atom. The van der Waals surface area contributed by atoms with Gasteiger partial charge >= 0.3 is 24.4 Å². The molecule has 0 spiro atoms. The van der Waals surface area contributed by atoms with Crippen LogP contribution in [0.3, 0.4) is 0 Å². The zero-order valence-electron chi connectivity index (χ0n) is 16.5. The van der Waals surface area contributed by atoms with Crippen LogP contribution in [0.15, 0.2) is 28.8 Å². The van der Waals surface area contributed by atoms with Crippen LogP contribution in [0.2, 0.25) is 0 Å². The van der Waals surface area contributed by atoms with Gasteiger partial charge in [-0.3, -0.25) is 10.1 Å². The summed E-state index contributed by atoms with van der Waals surface area (Å²) in [6, 6.07) is 1.76. The van der Waals surface area contributed by atoms with Gasteiger partial charge in [0.15, 0.2) is 5.82 Å². The third kappa shape index (κ3) is 4.95. The van der Waals surface area contributed by atoms with Crippen LogP contribution in [0.5, 0.6) is 0 Å². The molecule has 0 aliphatic rings. The van der Waals surface area contributed by atoms with E-state index in [-0.39, 0.29) is 29.3 Å². The molecule has 3 N–H and O–H groups in total. The summed E-state index contributed by atoms with van der Waals surface area (Å²) < 4.78 is 87.7. The summed E-state index contributed by atoms with van der Waals surface area (Å²) in [5.41, 5.74) is -6.42. The lowest BCUT2D eigenvalue weighted by atomic mass is 9.90. The van der Waals surface area contributed by atoms with Crippen molar-refractivity contribution in [2.75, 3.05) is 18.5 Å². The molecule has 1 aromatic carbocycles. The van der Waals surface area contributed by atoms with Gasteiger partial charge in [-0.05, 0) is 19.4 Å². The molecule has 0 saturated carbocycles. The summed E-state index contributed by atoms with van der Waals surface area (Å²) in [5, 5.41) is 17.5. The standard InChI is InChI=1S/C18H17F6N3O5/c1-3-31-12(28)8-25-15(29)26-14-13(9(2)32-27-14)10-4-6-11(7-5-10)16(30,17(19,20)21)18(22,23)24/h4-7,30H,3,8H2,1-2H3,(H2,25,26,27,29). The molecule has 0 fully saturated rings. The summed E-state index contributed by atoms with van der Waals surface area (Å²) in [5.74, 6) is -0.838. The Kier molecular flexibility index (Phi) is 7.07. The lowest BCUT2D eigenvalue weighted by Gasteiger charge is -2.32. The Morgan fingerprint density at radius 1 is 1.09 bits per heavy atom. The number of nitrogens with zero attached hydrogens (tertiary/aromatic N) is 1. The number of halogens is 6. The van der Waals surface area contributed by atoms with Crippen LogP contribution in [-0.4, -0.2) is 47.8 Å². The third-order valence-corrected chi connectivity index (χ3v) is 4.21. The molecule has 1 aromatic heterocycles. The number of anilines is 1. The molecule has 1 heterocycles. The van der Waals surface area contributed by atoms with Gasteiger partial charge in [0.25, 0.3) is 5.60 Å². The molecule has 2 rings (SSSR count). The second-order valence-corrected chi connectivity index (χ2v) is 6.36. The van der Waals surface area contributed by atoms with E-state index in [9.17, 15) is 41.0 Å². The summed E-state index contributed by atoms with van der Waals surface area (Å²) in [6.45, 7) is 2.59. The lowest BCUT2D eigenvalue weighted by Crippen LogP contribution is -2.53. The van der Waals surface area contributed by atoms with E-state index in [4.69, 9.17) is 4.52 Å². The molecule has 176 valence electrons. The number of benzene rings is 1. The quantitative estimate of drug-likeness (QED) is 0.440. The van der Waals surface area contributed by atoms with E-state index in [1.165, 1.54) is 6.92 Å². The van der Waals surface area contributed by atoms with Gasteiger partial charge in [-0.2, -0.15) is 26.3 Å². The van der Waals surface area contributed by atoms with Gasteiger partial charge in [0.2, 0.25) is 0 Å². The van der Waals surface area contributed by atoms with Crippen molar-refractivity contribution < 1.29 is 50.3 Å². The number of esters is 1. The number of hydrogen-bond donors (Lipinski definition) is 3. The minimum absolute atomic E-state index is 0.0416. The molecule has 0 saturated heterocycles. The fourth-order valence-corrected chi connectivity index (χ4v) is 2.68. The lowest BCUT2D eigenvalue weighted by molar-refractivity contribution is -0.376. The third-order valence-electron chi connectivity index (χ3n) is 4.21. The minimum Gasteiger partial charge on any atom is -0.465 e. The Hall–Kier alpha value is -3.29. The first-order chi connectivity index (χ1) is 14.7. The predicted molar refractivity (Wildman–Crippen MR) is 96.3 cm³/mol. The summed E-state index contributed by atoms with van der Waals surface area (Å²) in [4.78, 5) is 23.2. The average molecular weight is 469 g/mol. The highest BCUT2D eigenvalue weighted by Gasteiger charge is 2.71.